The highest BCUT2D eigenvalue weighted by atomic mass is 32.1. The van der Waals surface area contributed by atoms with E-state index in [2.05, 4.69) is 11.9 Å². The van der Waals surface area contributed by atoms with E-state index in [1.165, 1.54) is 29.9 Å². The highest BCUT2D eigenvalue weighted by Crippen LogP contribution is 2.20. The molecule has 3 heteroatoms. The van der Waals surface area contributed by atoms with Crippen molar-refractivity contribution in [3.8, 4) is 0 Å². The summed E-state index contributed by atoms with van der Waals surface area (Å²) in [5.74, 6) is 0.147. The first-order valence-corrected chi connectivity index (χ1v) is 6.15. The van der Waals surface area contributed by atoms with Crippen LogP contribution in [0.5, 0.6) is 0 Å². The van der Waals surface area contributed by atoms with Crippen LogP contribution in [0.25, 0.3) is 0 Å². The van der Waals surface area contributed by atoms with E-state index in [1.807, 2.05) is 17.5 Å². The van der Waals surface area contributed by atoms with Gasteiger partial charge in [-0.25, -0.2) is 0 Å². The molecule has 1 saturated heterocycles. The quantitative estimate of drug-likeness (QED) is 0.565. The molecule has 0 amide bonds. The van der Waals surface area contributed by atoms with Gasteiger partial charge in [0.25, 0.3) is 0 Å². The first-order chi connectivity index (χ1) is 7.27. The maximum atomic E-state index is 11.8. The number of hydrogen-bond donors (Lipinski definition) is 0. The maximum absolute atomic E-state index is 11.8. The molecule has 1 aliphatic heterocycles. The summed E-state index contributed by atoms with van der Waals surface area (Å²) < 4.78 is 0. The normalized spacial score (nSPS) is 19.5. The Labute approximate surface area is 94.2 Å². The molecule has 0 atom stereocenters. The van der Waals surface area contributed by atoms with Crippen molar-refractivity contribution < 1.29 is 4.79 Å². The largest absolute Gasteiger partial charge is 0.378 e. The molecule has 2 nitrogen and oxygen atoms in total. The lowest BCUT2D eigenvalue weighted by atomic mass is 10.1. The Kier molecular flexibility index (Phi) is 3.21. The smallest absolute Gasteiger partial charge is 0.197 e. The minimum absolute atomic E-state index is 0.147. The van der Waals surface area contributed by atoms with Crippen LogP contribution in [0.4, 0.5) is 0 Å². The Hall–Kier alpha value is -1.09. The number of hydrogen-bond acceptors (Lipinski definition) is 3. The highest BCUT2D eigenvalue weighted by molar-refractivity contribution is 7.12. The molecule has 0 aliphatic carbocycles. The van der Waals surface area contributed by atoms with Crippen molar-refractivity contribution in [2.75, 3.05) is 13.6 Å². The van der Waals surface area contributed by atoms with E-state index in [0.29, 0.717) is 0 Å². The average molecular weight is 221 g/mol. The molecule has 1 aliphatic rings. The average Bonchev–Trinajstić information content (AvgIpc) is 2.74. The lowest BCUT2D eigenvalue weighted by Crippen LogP contribution is -2.24. The van der Waals surface area contributed by atoms with Gasteiger partial charge in [-0.15, -0.1) is 11.3 Å². The topological polar surface area (TPSA) is 20.3 Å². The van der Waals surface area contributed by atoms with Gasteiger partial charge in [0.15, 0.2) is 5.78 Å². The summed E-state index contributed by atoms with van der Waals surface area (Å²) in [7, 11) is 2.06. The standard InChI is InChI=1S/C12H15NOS/c1-13-7-3-2-5-10(13)9-11(14)12-6-4-8-15-12/h4,6,8-9H,2-3,5,7H2,1H3/b10-9+. The van der Waals surface area contributed by atoms with E-state index < -0.39 is 0 Å². The molecule has 0 saturated carbocycles. The first kappa shape index (κ1) is 10.4. The number of carbonyl (C=O) groups excluding carboxylic acids is 1. The number of piperidine rings is 1. The number of rotatable bonds is 2. The van der Waals surface area contributed by atoms with Crippen LogP contribution in [0.15, 0.2) is 29.3 Å². The first-order valence-electron chi connectivity index (χ1n) is 5.27. The van der Waals surface area contributed by atoms with Crippen LogP contribution in [0.3, 0.4) is 0 Å². The molecular formula is C12H15NOS. The van der Waals surface area contributed by atoms with Gasteiger partial charge >= 0.3 is 0 Å². The Morgan fingerprint density at radius 2 is 2.40 bits per heavy atom. The van der Waals surface area contributed by atoms with Crippen molar-refractivity contribution in [3.05, 3.63) is 34.2 Å². The third kappa shape index (κ3) is 2.48. The van der Waals surface area contributed by atoms with E-state index >= 15 is 0 Å². The van der Waals surface area contributed by atoms with Gasteiger partial charge in [0, 0.05) is 25.4 Å². The summed E-state index contributed by atoms with van der Waals surface area (Å²) in [4.78, 5) is 14.9. The fourth-order valence-electron chi connectivity index (χ4n) is 1.81. The zero-order valence-corrected chi connectivity index (χ0v) is 9.72. The second kappa shape index (κ2) is 4.62. The number of thiophene rings is 1. The summed E-state index contributed by atoms with van der Waals surface area (Å²) in [6, 6.07) is 3.80. The minimum atomic E-state index is 0.147. The summed E-state index contributed by atoms with van der Waals surface area (Å²) >= 11 is 1.51. The summed E-state index contributed by atoms with van der Waals surface area (Å²) in [5, 5.41) is 1.94. The van der Waals surface area contributed by atoms with Crippen molar-refractivity contribution in [2.45, 2.75) is 19.3 Å². The maximum Gasteiger partial charge on any atom is 0.197 e. The van der Waals surface area contributed by atoms with Gasteiger partial charge in [0.05, 0.1) is 4.88 Å². The Morgan fingerprint density at radius 3 is 3.07 bits per heavy atom. The number of likely N-dealkylation sites (tertiary alicyclic amines) is 1. The molecule has 1 aromatic heterocycles. The molecular weight excluding hydrogens is 206 g/mol. The van der Waals surface area contributed by atoms with Crippen molar-refractivity contribution in [2.24, 2.45) is 0 Å². The van der Waals surface area contributed by atoms with Gasteiger partial charge in [-0.05, 0) is 30.7 Å². The molecule has 0 bridgehead atoms. The Balaban J connectivity index is 2.12. The van der Waals surface area contributed by atoms with Gasteiger partial charge in [0.1, 0.15) is 0 Å². The fourth-order valence-corrected chi connectivity index (χ4v) is 2.45. The number of allylic oxidation sites excluding steroid dienone is 2. The number of nitrogens with zero attached hydrogens (tertiary/aromatic N) is 1. The lowest BCUT2D eigenvalue weighted by molar-refractivity contribution is 0.104. The van der Waals surface area contributed by atoms with Crippen LogP contribution in [-0.2, 0) is 0 Å². The molecule has 0 radical (unpaired) electrons. The molecule has 80 valence electrons. The molecule has 0 aromatic carbocycles. The molecule has 2 heterocycles. The minimum Gasteiger partial charge on any atom is -0.378 e. The molecule has 1 fully saturated rings. The third-order valence-corrected chi connectivity index (χ3v) is 3.61. The van der Waals surface area contributed by atoms with Crippen molar-refractivity contribution in [1.29, 1.82) is 0 Å². The lowest BCUT2D eigenvalue weighted by Gasteiger charge is -2.27. The van der Waals surface area contributed by atoms with Crippen LogP contribution in [-0.4, -0.2) is 24.3 Å². The van der Waals surface area contributed by atoms with Crippen LogP contribution in [0, 0.1) is 0 Å². The van der Waals surface area contributed by atoms with Gasteiger partial charge in [-0.3, -0.25) is 4.79 Å². The predicted molar refractivity (Wildman–Crippen MR) is 63.2 cm³/mol. The molecule has 0 N–H and O–H groups in total. The SMILES string of the molecule is CN1CCCC/C1=C\C(=O)c1cccs1. The van der Waals surface area contributed by atoms with E-state index in [9.17, 15) is 4.79 Å². The summed E-state index contributed by atoms with van der Waals surface area (Å²) in [6.45, 7) is 1.07. The molecule has 1 aromatic rings. The Morgan fingerprint density at radius 1 is 1.53 bits per heavy atom. The summed E-state index contributed by atoms with van der Waals surface area (Å²) in [6.07, 6.45) is 5.27. The molecule has 0 spiro atoms. The van der Waals surface area contributed by atoms with E-state index in [1.54, 1.807) is 6.08 Å². The zero-order valence-electron chi connectivity index (χ0n) is 8.90. The van der Waals surface area contributed by atoms with Gasteiger partial charge < -0.3 is 4.90 Å². The van der Waals surface area contributed by atoms with Crippen LogP contribution >= 0.6 is 11.3 Å². The fraction of sp³-hybridized carbons (Fsp3) is 0.417. The Bertz CT molecular complexity index is 367. The van der Waals surface area contributed by atoms with E-state index in [-0.39, 0.29) is 5.78 Å². The van der Waals surface area contributed by atoms with Crippen LogP contribution < -0.4 is 0 Å². The van der Waals surface area contributed by atoms with E-state index in [4.69, 9.17) is 0 Å². The van der Waals surface area contributed by atoms with Crippen LogP contribution in [0.2, 0.25) is 0 Å². The zero-order chi connectivity index (χ0) is 10.7. The third-order valence-electron chi connectivity index (χ3n) is 2.73. The second-order valence-electron chi connectivity index (χ2n) is 3.86. The van der Waals surface area contributed by atoms with Crippen molar-refractivity contribution in [1.82, 2.24) is 4.90 Å². The number of carbonyl (C=O) groups is 1. The molecule has 2 rings (SSSR count). The second-order valence-corrected chi connectivity index (χ2v) is 4.80. The predicted octanol–water partition coefficient (Wildman–Crippen LogP) is 2.93. The van der Waals surface area contributed by atoms with Gasteiger partial charge in [-0.2, -0.15) is 0 Å². The van der Waals surface area contributed by atoms with Crippen molar-refractivity contribution in [3.63, 3.8) is 0 Å². The summed E-state index contributed by atoms with van der Waals surface area (Å²) in [5.41, 5.74) is 1.18. The van der Waals surface area contributed by atoms with Crippen molar-refractivity contribution >= 4 is 17.1 Å². The monoisotopic (exact) mass is 221 g/mol. The highest BCUT2D eigenvalue weighted by Gasteiger charge is 2.13. The molecule has 0 unspecified atom stereocenters. The van der Waals surface area contributed by atoms with Gasteiger partial charge in [0.2, 0.25) is 0 Å². The van der Waals surface area contributed by atoms with E-state index in [0.717, 1.165) is 17.8 Å². The number of ketones is 1. The molecule has 15 heavy (non-hydrogen) atoms. The van der Waals surface area contributed by atoms with Gasteiger partial charge in [-0.1, -0.05) is 6.07 Å². The van der Waals surface area contributed by atoms with Crippen LogP contribution in [0.1, 0.15) is 28.9 Å².